The molecule has 0 spiro atoms. The summed E-state index contributed by atoms with van der Waals surface area (Å²) >= 11 is 0. The molecule has 0 bridgehead atoms. The van der Waals surface area contributed by atoms with Gasteiger partial charge >= 0.3 is 6.61 Å². The molecule has 0 fully saturated rings. The Morgan fingerprint density at radius 1 is 1.20 bits per heavy atom. The van der Waals surface area contributed by atoms with E-state index in [1.165, 1.54) is 17.7 Å². The first kappa shape index (κ1) is 24.1. The second kappa shape index (κ2) is 11.9. The third-order valence-corrected chi connectivity index (χ3v) is 4.47. The topological polar surface area (TPSA) is 75.1 Å². The second-order valence-corrected chi connectivity index (χ2v) is 6.62. The average Bonchev–Trinajstić information content (AvgIpc) is 3.13. The lowest BCUT2D eigenvalue weighted by Crippen LogP contribution is -2.42. The van der Waals surface area contributed by atoms with E-state index in [9.17, 15) is 13.9 Å². The van der Waals surface area contributed by atoms with Crippen molar-refractivity contribution in [3.8, 4) is 11.5 Å². The molecule has 164 valence electrons. The maximum absolute atomic E-state index is 12.2. The molecule has 30 heavy (non-hydrogen) atoms. The van der Waals surface area contributed by atoms with Crippen LogP contribution in [0.3, 0.4) is 0 Å². The van der Waals surface area contributed by atoms with Gasteiger partial charge in [0, 0.05) is 13.0 Å². The molecule has 2 unspecified atom stereocenters. The summed E-state index contributed by atoms with van der Waals surface area (Å²) in [6, 6.07) is 13.8. The van der Waals surface area contributed by atoms with Gasteiger partial charge in [-0.25, -0.2) is 0 Å². The Labute approximate surface area is 191 Å². The summed E-state index contributed by atoms with van der Waals surface area (Å²) in [5, 5.41) is 16.7. The fourth-order valence-electron chi connectivity index (χ4n) is 3.07. The van der Waals surface area contributed by atoms with Crippen LogP contribution in [0, 0.1) is 0 Å². The molecule has 2 aromatic rings. The molecule has 6 nitrogen and oxygen atoms in total. The number of nitrogens with one attached hydrogen (secondary N) is 2. The summed E-state index contributed by atoms with van der Waals surface area (Å²) in [6.07, 6.45) is -0.0142. The number of alkyl halides is 2. The third kappa shape index (κ3) is 6.98. The molecule has 1 aliphatic heterocycles. The molecule has 1 aliphatic rings. The highest BCUT2D eigenvalue weighted by Gasteiger charge is 2.22. The number of aliphatic hydroxyl groups excluding tert-OH is 1. The number of hydrogen-bond donors (Lipinski definition) is 3. The lowest BCUT2D eigenvalue weighted by atomic mass is 10.1. The van der Waals surface area contributed by atoms with Crippen LogP contribution in [-0.2, 0) is 6.42 Å². The van der Waals surface area contributed by atoms with Gasteiger partial charge in [-0.1, -0.05) is 30.3 Å². The fourth-order valence-corrected chi connectivity index (χ4v) is 3.07. The van der Waals surface area contributed by atoms with Crippen molar-refractivity contribution in [1.82, 2.24) is 10.6 Å². The van der Waals surface area contributed by atoms with Crippen LogP contribution in [0.4, 0.5) is 8.78 Å². The third-order valence-electron chi connectivity index (χ3n) is 4.47. The van der Waals surface area contributed by atoms with Crippen LogP contribution in [0.25, 0.3) is 0 Å². The van der Waals surface area contributed by atoms with Crippen molar-refractivity contribution in [3.63, 3.8) is 0 Å². The van der Waals surface area contributed by atoms with Crippen LogP contribution < -0.4 is 20.1 Å². The van der Waals surface area contributed by atoms with Gasteiger partial charge in [-0.3, -0.25) is 4.99 Å². The molecular weight excluding hydrogens is 507 g/mol. The van der Waals surface area contributed by atoms with Gasteiger partial charge in [-0.2, -0.15) is 8.78 Å². The number of aliphatic hydroxyl groups is 1. The number of nitrogens with zero attached hydrogens (tertiary/aromatic N) is 1. The molecule has 0 radical (unpaired) electrons. The summed E-state index contributed by atoms with van der Waals surface area (Å²) in [5.41, 5.74) is 1.76. The quantitative estimate of drug-likeness (QED) is 0.275. The fraction of sp³-hybridized carbons (Fsp3) is 0.381. The number of guanidine groups is 1. The summed E-state index contributed by atoms with van der Waals surface area (Å²) in [5.74, 6) is 1.53. The number of hydrogen-bond acceptors (Lipinski definition) is 4. The SMILES string of the molecule is CCNC(=NCC(O)c1ccc(OC(F)F)cc1)NCC1Cc2ccccc2O1.I. The highest BCUT2D eigenvalue weighted by atomic mass is 127. The van der Waals surface area contributed by atoms with Crippen molar-refractivity contribution in [2.75, 3.05) is 19.6 Å². The highest BCUT2D eigenvalue weighted by molar-refractivity contribution is 14.0. The van der Waals surface area contributed by atoms with Gasteiger partial charge in [0.25, 0.3) is 0 Å². The van der Waals surface area contributed by atoms with Gasteiger partial charge in [0.05, 0.1) is 19.2 Å². The average molecular weight is 533 g/mol. The van der Waals surface area contributed by atoms with Crippen LogP contribution in [0.1, 0.15) is 24.2 Å². The first-order valence-electron chi connectivity index (χ1n) is 9.54. The zero-order valence-electron chi connectivity index (χ0n) is 16.6. The number of para-hydroxylation sites is 1. The molecular formula is C21H26F2IN3O3. The van der Waals surface area contributed by atoms with Crippen molar-refractivity contribution >= 4 is 29.9 Å². The van der Waals surface area contributed by atoms with Crippen molar-refractivity contribution in [3.05, 3.63) is 59.7 Å². The minimum Gasteiger partial charge on any atom is -0.488 e. The van der Waals surface area contributed by atoms with Crippen LogP contribution in [0.2, 0.25) is 0 Å². The maximum atomic E-state index is 12.2. The number of benzene rings is 2. The molecule has 9 heteroatoms. The Morgan fingerprint density at radius 3 is 2.60 bits per heavy atom. The van der Waals surface area contributed by atoms with Crippen molar-refractivity contribution in [2.45, 2.75) is 32.2 Å². The Balaban J connectivity index is 0.00000320. The van der Waals surface area contributed by atoms with E-state index >= 15 is 0 Å². The Morgan fingerprint density at radius 2 is 1.93 bits per heavy atom. The lowest BCUT2D eigenvalue weighted by molar-refractivity contribution is -0.0498. The van der Waals surface area contributed by atoms with E-state index in [1.807, 2.05) is 25.1 Å². The van der Waals surface area contributed by atoms with Gasteiger partial charge in [0.15, 0.2) is 5.96 Å². The Kier molecular flexibility index (Phi) is 9.57. The summed E-state index contributed by atoms with van der Waals surface area (Å²) in [7, 11) is 0. The molecule has 3 N–H and O–H groups in total. The van der Waals surface area contributed by atoms with E-state index < -0.39 is 12.7 Å². The van der Waals surface area contributed by atoms with Gasteiger partial charge in [-0.15, -0.1) is 24.0 Å². The van der Waals surface area contributed by atoms with Crippen molar-refractivity contribution in [2.24, 2.45) is 4.99 Å². The van der Waals surface area contributed by atoms with E-state index in [2.05, 4.69) is 26.4 Å². The molecule has 2 atom stereocenters. The Hall–Kier alpha value is -2.14. The smallest absolute Gasteiger partial charge is 0.387 e. The van der Waals surface area contributed by atoms with E-state index in [-0.39, 0.29) is 42.4 Å². The highest BCUT2D eigenvalue weighted by Crippen LogP contribution is 2.27. The monoisotopic (exact) mass is 533 g/mol. The van der Waals surface area contributed by atoms with E-state index in [0.717, 1.165) is 12.2 Å². The molecule has 0 aliphatic carbocycles. The maximum Gasteiger partial charge on any atom is 0.387 e. The number of rotatable bonds is 8. The minimum absolute atomic E-state index is 0. The number of aliphatic imine (C=N–C) groups is 1. The minimum atomic E-state index is -2.87. The Bertz CT molecular complexity index is 796. The van der Waals surface area contributed by atoms with Crippen LogP contribution in [0.15, 0.2) is 53.5 Å². The number of fused-ring (bicyclic) bond motifs is 1. The normalized spacial score (nSPS) is 16.3. The lowest BCUT2D eigenvalue weighted by Gasteiger charge is -2.16. The van der Waals surface area contributed by atoms with Crippen molar-refractivity contribution in [1.29, 1.82) is 0 Å². The predicted octanol–water partition coefficient (Wildman–Crippen LogP) is 3.50. The molecule has 2 aromatic carbocycles. The zero-order chi connectivity index (χ0) is 20.6. The van der Waals surface area contributed by atoms with Gasteiger partial charge in [0.2, 0.25) is 0 Å². The molecule has 0 amide bonds. The van der Waals surface area contributed by atoms with Crippen LogP contribution in [0.5, 0.6) is 11.5 Å². The molecule has 0 aromatic heterocycles. The van der Waals surface area contributed by atoms with Gasteiger partial charge < -0.3 is 25.2 Å². The summed E-state index contributed by atoms with van der Waals surface area (Å²) < 4.78 is 34.6. The van der Waals surface area contributed by atoms with Crippen LogP contribution >= 0.6 is 24.0 Å². The first-order chi connectivity index (χ1) is 14.0. The van der Waals surface area contributed by atoms with Crippen molar-refractivity contribution < 1.29 is 23.4 Å². The van der Waals surface area contributed by atoms with E-state index in [0.29, 0.717) is 24.6 Å². The second-order valence-electron chi connectivity index (χ2n) is 6.62. The molecule has 1 heterocycles. The first-order valence-corrected chi connectivity index (χ1v) is 9.54. The zero-order valence-corrected chi connectivity index (χ0v) is 18.9. The number of halogens is 3. The standard InChI is InChI=1S/C21H25F2N3O3.HI/c1-2-24-21(25-12-17-11-15-5-3-4-6-19(15)28-17)26-13-18(27)14-7-9-16(10-8-14)29-20(22)23;/h3-10,17-18,20,27H,2,11-13H2,1H3,(H2,24,25,26);1H. The predicted molar refractivity (Wildman–Crippen MR) is 122 cm³/mol. The molecule has 0 saturated carbocycles. The largest absolute Gasteiger partial charge is 0.488 e. The van der Waals surface area contributed by atoms with Crippen LogP contribution in [-0.4, -0.2) is 43.4 Å². The summed E-state index contributed by atoms with van der Waals surface area (Å²) in [4.78, 5) is 4.41. The number of ether oxygens (including phenoxy) is 2. The molecule has 0 saturated heterocycles. The van der Waals surface area contributed by atoms with Gasteiger partial charge in [-0.05, 0) is 36.2 Å². The van der Waals surface area contributed by atoms with E-state index in [4.69, 9.17) is 4.74 Å². The molecule has 3 rings (SSSR count). The van der Waals surface area contributed by atoms with Gasteiger partial charge in [0.1, 0.15) is 17.6 Å². The van der Waals surface area contributed by atoms with E-state index in [1.54, 1.807) is 12.1 Å². The summed E-state index contributed by atoms with van der Waals surface area (Å²) in [6.45, 7) is 0.456.